The number of nitrogens with zero attached hydrogens (tertiary/aromatic N) is 3. The molecule has 0 saturated heterocycles. The Kier molecular flexibility index (Phi) is 7.67. The van der Waals surface area contributed by atoms with Crippen LogP contribution in [0.25, 0.3) is 5.69 Å². The van der Waals surface area contributed by atoms with Crippen LogP contribution in [0.5, 0.6) is 0 Å². The van der Waals surface area contributed by atoms with Crippen LogP contribution in [0, 0.1) is 6.92 Å². The number of hydrogen-bond acceptors (Lipinski definition) is 6. The van der Waals surface area contributed by atoms with Crippen LogP contribution in [0.1, 0.15) is 23.9 Å². The van der Waals surface area contributed by atoms with Gasteiger partial charge in [0, 0.05) is 11.4 Å². The molecule has 7 nitrogen and oxygen atoms in total. The molecular weight excluding hydrogens is 480 g/mol. The minimum absolute atomic E-state index is 0.105. The van der Waals surface area contributed by atoms with Crippen LogP contribution in [0.3, 0.4) is 0 Å². The first-order valence-corrected chi connectivity index (χ1v) is 13.8. The van der Waals surface area contributed by atoms with Gasteiger partial charge in [-0.05, 0) is 48.7 Å². The quantitative estimate of drug-likeness (QED) is 0.327. The van der Waals surface area contributed by atoms with E-state index in [2.05, 4.69) is 15.5 Å². The summed E-state index contributed by atoms with van der Waals surface area (Å²) < 4.78 is 27.7. The molecule has 1 aromatic heterocycles. The molecule has 0 bridgehead atoms. The van der Waals surface area contributed by atoms with E-state index in [1.165, 1.54) is 11.8 Å². The SMILES string of the molecule is CCc1cccc(C)c1NC(=O)CSc1nnc(CS(=O)(=O)c2ccccc2)n1-c1ccccc1. The predicted molar refractivity (Wildman–Crippen MR) is 139 cm³/mol. The standard InChI is InChI=1S/C26H26N4O3S2/c1-3-20-12-10-11-19(2)25(20)27-24(31)17-34-26-29-28-23(30(26)21-13-6-4-7-14-21)18-35(32,33)22-15-8-5-9-16-22/h4-16H,3,17-18H2,1-2H3,(H,27,31). The summed E-state index contributed by atoms with van der Waals surface area (Å²) >= 11 is 1.21. The summed E-state index contributed by atoms with van der Waals surface area (Å²) in [6.45, 7) is 4.01. The molecule has 3 aromatic carbocycles. The van der Waals surface area contributed by atoms with Crippen molar-refractivity contribution in [1.82, 2.24) is 14.8 Å². The number of hydrogen-bond donors (Lipinski definition) is 1. The number of amides is 1. The number of aromatic nitrogens is 3. The van der Waals surface area contributed by atoms with Crippen LogP contribution in [0.15, 0.2) is 88.9 Å². The van der Waals surface area contributed by atoms with Gasteiger partial charge in [0.1, 0.15) is 5.75 Å². The van der Waals surface area contributed by atoms with Gasteiger partial charge in [-0.15, -0.1) is 10.2 Å². The number of para-hydroxylation sites is 2. The van der Waals surface area contributed by atoms with Crippen molar-refractivity contribution in [2.24, 2.45) is 0 Å². The molecule has 0 atom stereocenters. The van der Waals surface area contributed by atoms with Crippen LogP contribution in [-0.2, 0) is 26.8 Å². The summed E-state index contributed by atoms with van der Waals surface area (Å²) in [7, 11) is -3.63. The molecule has 1 heterocycles. The third-order valence-corrected chi connectivity index (χ3v) is 8.03. The lowest BCUT2D eigenvalue weighted by Crippen LogP contribution is -2.17. The van der Waals surface area contributed by atoms with E-state index in [1.54, 1.807) is 34.9 Å². The smallest absolute Gasteiger partial charge is 0.234 e. The predicted octanol–water partition coefficient (Wildman–Crippen LogP) is 4.84. The van der Waals surface area contributed by atoms with Gasteiger partial charge in [-0.25, -0.2) is 8.42 Å². The fourth-order valence-electron chi connectivity index (χ4n) is 3.71. The third-order valence-electron chi connectivity index (χ3n) is 5.47. The van der Waals surface area contributed by atoms with E-state index in [-0.39, 0.29) is 28.1 Å². The van der Waals surface area contributed by atoms with Gasteiger partial charge in [0.25, 0.3) is 0 Å². The Bertz CT molecular complexity index is 1420. The second kappa shape index (κ2) is 10.9. The lowest BCUT2D eigenvalue weighted by atomic mass is 10.1. The zero-order valence-electron chi connectivity index (χ0n) is 19.5. The number of aryl methyl sites for hydroxylation is 2. The minimum Gasteiger partial charge on any atom is -0.325 e. The maximum atomic E-state index is 13.0. The Hall–Kier alpha value is -3.43. The van der Waals surface area contributed by atoms with Gasteiger partial charge in [-0.2, -0.15) is 0 Å². The molecule has 180 valence electrons. The van der Waals surface area contributed by atoms with Gasteiger partial charge in [0.05, 0.1) is 10.6 Å². The summed E-state index contributed by atoms with van der Waals surface area (Å²) in [6.07, 6.45) is 0.812. The van der Waals surface area contributed by atoms with Gasteiger partial charge in [-0.1, -0.05) is 73.3 Å². The fourth-order valence-corrected chi connectivity index (χ4v) is 5.75. The van der Waals surface area contributed by atoms with Crippen molar-refractivity contribution in [3.63, 3.8) is 0 Å². The number of carbonyl (C=O) groups is 1. The van der Waals surface area contributed by atoms with Crippen molar-refractivity contribution in [2.45, 2.75) is 36.1 Å². The molecule has 0 fully saturated rings. The first-order valence-electron chi connectivity index (χ1n) is 11.2. The van der Waals surface area contributed by atoms with Crippen molar-refractivity contribution in [1.29, 1.82) is 0 Å². The summed E-state index contributed by atoms with van der Waals surface area (Å²) in [5.74, 6) is -0.0852. The molecule has 9 heteroatoms. The highest BCUT2D eigenvalue weighted by Crippen LogP contribution is 2.26. The third kappa shape index (κ3) is 5.80. The van der Waals surface area contributed by atoms with Crippen LogP contribution in [0.4, 0.5) is 5.69 Å². The minimum atomic E-state index is -3.63. The number of benzene rings is 3. The average Bonchev–Trinajstić information content (AvgIpc) is 3.26. The summed E-state index contributed by atoms with van der Waals surface area (Å²) in [4.78, 5) is 13.0. The molecule has 35 heavy (non-hydrogen) atoms. The maximum absolute atomic E-state index is 13.0. The largest absolute Gasteiger partial charge is 0.325 e. The Morgan fingerprint density at radius 2 is 1.63 bits per heavy atom. The van der Waals surface area contributed by atoms with Crippen LogP contribution < -0.4 is 5.32 Å². The van der Waals surface area contributed by atoms with Crippen molar-refractivity contribution in [3.05, 3.63) is 95.8 Å². The normalized spacial score (nSPS) is 11.4. The van der Waals surface area contributed by atoms with E-state index in [9.17, 15) is 13.2 Å². The number of rotatable bonds is 9. The number of carbonyl (C=O) groups excluding carboxylic acids is 1. The highest BCUT2D eigenvalue weighted by atomic mass is 32.2. The van der Waals surface area contributed by atoms with Gasteiger partial charge >= 0.3 is 0 Å². The molecule has 0 radical (unpaired) electrons. The van der Waals surface area contributed by atoms with Crippen LogP contribution >= 0.6 is 11.8 Å². The van der Waals surface area contributed by atoms with Crippen LogP contribution in [-0.4, -0.2) is 34.8 Å². The second-order valence-electron chi connectivity index (χ2n) is 7.94. The number of anilines is 1. The zero-order valence-corrected chi connectivity index (χ0v) is 21.1. The second-order valence-corrected chi connectivity index (χ2v) is 10.9. The molecule has 0 unspecified atom stereocenters. The Balaban J connectivity index is 1.58. The number of nitrogens with one attached hydrogen (secondary N) is 1. The fraction of sp³-hybridized carbons (Fsp3) is 0.192. The summed E-state index contributed by atoms with van der Waals surface area (Å²) in [6, 6.07) is 23.5. The highest BCUT2D eigenvalue weighted by Gasteiger charge is 2.23. The van der Waals surface area contributed by atoms with Gasteiger partial charge < -0.3 is 5.32 Å². The Morgan fingerprint density at radius 3 is 2.31 bits per heavy atom. The molecular formula is C26H26N4O3S2. The van der Waals surface area contributed by atoms with E-state index in [0.29, 0.717) is 5.16 Å². The molecule has 1 N–H and O–H groups in total. The highest BCUT2D eigenvalue weighted by molar-refractivity contribution is 7.99. The molecule has 1 amide bonds. The number of sulfone groups is 1. The van der Waals surface area contributed by atoms with Crippen molar-refractivity contribution >= 4 is 33.2 Å². The van der Waals surface area contributed by atoms with Gasteiger partial charge in [0.15, 0.2) is 20.8 Å². The van der Waals surface area contributed by atoms with Gasteiger partial charge in [-0.3, -0.25) is 9.36 Å². The van der Waals surface area contributed by atoms with E-state index in [0.717, 1.165) is 28.9 Å². The molecule has 0 spiro atoms. The maximum Gasteiger partial charge on any atom is 0.234 e. The molecule has 0 aliphatic rings. The molecule has 4 rings (SSSR count). The molecule has 0 saturated carbocycles. The number of thioether (sulfide) groups is 1. The van der Waals surface area contributed by atoms with E-state index in [4.69, 9.17) is 0 Å². The monoisotopic (exact) mass is 506 g/mol. The Morgan fingerprint density at radius 1 is 0.943 bits per heavy atom. The van der Waals surface area contributed by atoms with Gasteiger partial charge in [0.2, 0.25) is 5.91 Å². The molecule has 0 aliphatic heterocycles. The topological polar surface area (TPSA) is 94.0 Å². The molecule has 0 aliphatic carbocycles. The van der Waals surface area contributed by atoms with E-state index in [1.807, 2.05) is 62.4 Å². The van der Waals surface area contributed by atoms with Crippen molar-refractivity contribution in [2.75, 3.05) is 11.1 Å². The Labute approximate surface area is 209 Å². The average molecular weight is 507 g/mol. The zero-order chi connectivity index (χ0) is 24.8. The lowest BCUT2D eigenvalue weighted by molar-refractivity contribution is -0.113. The first kappa shape index (κ1) is 24.7. The summed E-state index contributed by atoms with van der Waals surface area (Å²) in [5, 5.41) is 11.9. The van der Waals surface area contributed by atoms with E-state index < -0.39 is 9.84 Å². The lowest BCUT2D eigenvalue weighted by Gasteiger charge is -2.13. The van der Waals surface area contributed by atoms with Crippen molar-refractivity contribution < 1.29 is 13.2 Å². The van der Waals surface area contributed by atoms with Crippen molar-refractivity contribution in [3.8, 4) is 5.69 Å². The molecule has 4 aromatic rings. The first-order chi connectivity index (χ1) is 16.9. The summed E-state index contributed by atoms with van der Waals surface area (Å²) in [5.41, 5.74) is 3.64. The van der Waals surface area contributed by atoms with Crippen LogP contribution in [0.2, 0.25) is 0 Å². The van der Waals surface area contributed by atoms with E-state index >= 15 is 0 Å².